The van der Waals surface area contributed by atoms with Crippen LogP contribution in [-0.4, -0.2) is 30.0 Å². The standard InChI is InChI=1S/C13H18N4O/c14-10-5-11(7-15-6-10)17-4-3-12-9(8-17)1-2-13(18)16-12/h5-7,9,12H,1-4,8,14H2,(H,16,18). The van der Waals surface area contributed by atoms with E-state index in [4.69, 9.17) is 5.73 Å². The lowest BCUT2D eigenvalue weighted by molar-refractivity contribution is -0.124. The summed E-state index contributed by atoms with van der Waals surface area (Å²) in [5.41, 5.74) is 7.56. The summed E-state index contributed by atoms with van der Waals surface area (Å²) in [5.74, 6) is 0.758. The molecule has 0 radical (unpaired) electrons. The van der Waals surface area contributed by atoms with Crippen LogP contribution in [-0.2, 0) is 4.79 Å². The summed E-state index contributed by atoms with van der Waals surface area (Å²) >= 11 is 0. The van der Waals surface area contributed by atoms with Gasteiger partial charge in [0.2, 0.25) is 5.91 Å². The number of amides is 1. The highest BCUT2D eigenvalue weighted by molar-refractivity contribution is 5.77. The second kappa shape index (κ2) is 4.48. The molecular weight excluding hydrogens is 228 g/mol. The number of fused-ring (bicyclic) bond motifs is 1. The molecule has 3 heterocycles. The maximum absolute atomic E-state index is 11.4. The minimum absolute atomic E-state index is 0.204. The average molecular weight is 246 g/mol. The van der Waals surface area contributed by atoms with Crippen LogP contribution in [0.2, 0.25) is 0 Å². The molecule has 5 nitrogen and oxygen atoms in total. The number of piperidine rings is 2. The first-order valence-corrected chi connectivity index (χ1v) is 6.47. The van der Waals surface area contributed by atoms with Crippen LogP contribution in [0.4, 0.5) is 11.4 Å². The molecule has 18 heavy (non-hydrogen) atoms. The largest absolute Gasteiger partial charge is 0.397 e. The van der Waals surface area contributed by atoms with Crippen molar-refractivity contribution < 1.29 is 4.79 Å². The van der Waals surface area contributed by atoms with Gasteiger partial charge in [-0.25, -0.2) is 0 Å². The molecule has 1 aromatic heterocycles. The van der Waals surface area contributed by atoms with Gasteiger partial charge in [-0.2, -0.15) is 0 Å². The number of rotatable bonds is 1. The zero-order chi connectivity index (χ0) is 12.5. The van der Waals surface area contributed by atoms with E-state index in [9.17, 15) is 4.79 Å². The van der Waals surface area contributed by atoms with Gasteiger partial charge in [0.1, 0.15) is 0 Å². The predicted molar refractivity (Wildman–Crippen MR) is 70.1 cm³/mol. The molecule has 2 atom stereocenters. The average Bonchev–Trinajstić information content (AvgIpc) is 2.38. The van der Waals surface area contributed by atoms with E-state index in [0.717, 1.165) is 31.6 Å². The summed E-state index contributed by atoms with van der Waals surface area (Å²) in [5, 5.41) is 3.10. The number of nitrogens with one attached hydrogen (secondary N) is 1. The van der Waals surface area contributed by atoms with Crippen LogP contribution >= 0.6 is 0 Å². The zero-order valence-corrected chi connectivity index (χ0v) is 10.3. The molecule has 2 unspecified atom stereocenters. The summed E-state index contributed by atoms with van der Waals surface area (Å²) < 4.78 is 0. The molecule has 1 aromatic rings. The number of aromatic nitrogens is 1. The fraction of sp³-hybridized carbons (Fsp3) is 0.538. The Labute approximate surface area is 106 Å². The summed E-state index contributed by atoms with van der Waals surface area (Å²) in [6.07, 6.45) is 6.17. The van der Waals surface area contributed by atoms with Crippen LogP contribution in [0, 0.1) is 5.92 Å². The predicted octanol–water partition coefficient (Wildman–Crippen LogP) is 0.769. The van der Waals surface area contributed by atoms with Gasteiger partial charge in [0.15, 0.2) is 0 Å². The lowest BCUT2D eigenvalue weighted by Gasteiger charge is -2.42. The smallest absolute Gasteiger partial charge is 0.220 e. The van der Waals surface area contributed by atoms with Gasteiger partial charge < -0.3 is 16.0 Å². The van der Waals surface area contributed by atoms with Gasteiger partial charge in [-0.3, -0.25) is 9.78 Å². The highest BCUT2D eigenvalue weighted by Crippen LogP contribution is 2.28. The Morgan fingerprint density at radius 1 is 1.39 bits per heavy atom. The number of nitrogens with two attached hydrogens (primary N) is 1. The maximum atomic E-state index is 11.4. The Morgan fingerprint density at radius 2 is 2.28 bits per heavy atom. The highest BCUT2D eigenvalue weighted by Gasteiger charge is 2.33. The molecule has 2 saturated heterocycles. The number of pyridine rings is 1. The zero-order valence-electron chi connectivity index (χ0n) is 10.3. The van der Waals surface area contributed by atoms with E-state index in [1.54, 1.807) is 6.20 Å². The molecule has 0 aromatic carbocycles. The van der Waals surface area contributed by atoms with Gasteiger partial charge in [0.25, 0.3) is 0 Å². The molecule has 0 bridgehead atoms. The molecule has 1 amide bonds. The number of nitrogens with zero attached hydrogens (tertiary/aromatic N) is 2. The van der Waals surface area contributed by atoms with Gasteiger partial charge in [0, 0.05) is 31.7 Å². The third kappa shape index (κ3) is 2.12. The van der Waals surface area contributed by atoms with E-state index < -0.39 is 0 Å². The summed E-state index contributed by atoms with van der Waals surface area (Å²) in [6.45, 7) is 1.93. The van der Waals surface area contributed by atoms with Crippen molar-refractivity contribution in [3.05, 3.63) is 18.5 Å². The van der Waals surface area contributed by atoms with Gasteiger partial charge in [-0.15, -0.1) is 0 Å². The summed E-state index contributed by atoms with van der Waals surface area (Å²) in [4.78, 5) is 17.8. The van der Waals surface area contributed by atoms with Crippen LogP contribution in [0.3, 0.4) is 0 Å². The first-order valence-electron chi connectivity index (χ1n) is 6.47. The minimum Gasteiger partial charge on any atom is -0.397 e. The quantitative estimate of drug-likeness (QED) is 0.767. The minimum atomic E-state index is 0.204. The number of carbonyl (C=O) groups is 1. The van der Waals surface area contributed by atoms with Crippen molar-refractivity contribution in [2.45, 2.75) is 25.3 Å². The molecule has 2 aliphatic rings. The van der Waals surface area contributed by atoms with Crippen LogP contribution in [0.5, 0.6) is 0 Å². The van der Waals surface area contributed by atoms with E-state index in [0.29, 0.717) is 24.1 Å². The van der Waals surface area contributed by atoms with Gasteiger partial charge in [0.05, 0.1) is 17.6 Å². The molecular formula is C13H18N4O. The number of hydrogen-bond donors (Lipinski definition) is 2. The van der Waals surface area contributed by atoms with Gasteiger partial charge >= 0.3 is 0 Å². The van der Waals surface area contributed by atoms with E-state index in [2.05, 4.69) is 15.2 Å². The Kier molecular flexibility index (Phi) is 2.81. The third-order valence-electron chi connectivity index (χ3n) is 3.93. The number of anilines is 2. The Hall–Kier alpha value is -1.78. The third-order valence-corrected chi connectivity index (χ3v) is 3.93. The first-order chi connectivity index (χ1) is 8.72. The van der Waals surface area contributed by atoms with Crippen molar-refractivity contribution in [3.8, 4) is 0 Å². The van der Waals surface area contributed by atoms with E-state index in [-0.39, 0.29) is 5.91 Å². The molecule has 3 N–H and O–H groups in total. The lowest BCUT2D eigenvalue weighted by atomic mass is 9.85. The molecule has 3 rings (SSSR count). The summed E-state index contributed by atoms with van der Waals surface area (Å²) in [7, 11) is 0. The fourth-order valence-corrected chi connectivity index (χ4v) is 2.96. The fourth-order valence-electron chi connectivity index (χ4n) is 2.96. The Morgan fingerprint density at radius 3 is 3.11 bits per heavy atom. The van der Waals surface area contributed by atoms with Crippen molar-refractivity contribution in [1.82, 2.24) is 10.3 Å². The molecule has 5 heteroatoms. The first kappa shape index (κ1) is 11.3. The molecule has 2 fully saturated rings. The van der Waals surface area contributed by atoms with Crippen molar-refractivity contribution >= 4 is 17.3 Å². The van der Waals surface area contributed by atoms with Crippen LogP contribution in [0.1, 0.15) is 19.3 Å². The molecule has 0 spiro atoms. The Bertz CT molecular complexity index is 462. The van der Waals surface area contributed by atoms with Crippen molar-refractivity contribution in [3.63, 3.8) is 0 Å². The van der Waals surface area contributed by atoms with Crippen molar-refractivity contribution in [1.29, 1.82) is 0 Å². The van der Waals surface area contributed by atoms with Gasteiger partial charge in [-0.05, 0) is 24.8 Å². The number of hydrogen-bond acceptors (Lipinski definition) is 4. The highest BCUT2D eigenvalue weighted by atomic mass is 16.1. The van der Waals surface area contributed by atoms with Crippen molar-refractivity contribution in [2.24, 2.45) is 5.92 Å². The van der Waals surface area contributed by atoms with Crippen LogP contribution in [0.15, 0.2) is 18.5 Å². The van der Waals surface area contributed by atoms with Crippen molar-refractivity contribution in [2.75, 3.05) is 23.7 Å². The summed E-state index contributed by atoms with van der Waals surface area (Å²) in [6, 6.07) is 2.32. The topological polar surface area (TPSA) is 71.2 Å². The molecule has 96 valence electrons. The van der Waals surface area contributed by atoms with Crippen LogP contribution in [0.25, 0.3) is 0 Å². The van der Waals surface area contributed by atoms with Gasteiger partial charge in [-0.1, -0.05) is 0 Å². The molecule has 0 aliphatic carbocycles. The van der Waals surface area contributed by atoms with Crippen LogP contribution < -0.4 is 16.0 Å². The number of nitrogen functional groups attached to an aromatic ring is 1. The van der Waals surface area contributed by atoms with E-state index in [1.165, 1.54) is 0 Å². The number of carbonyl (C=O) groups excluding carboxylic acids is 1. The molecule has 2 aliphatic heterocycles. The monoisotopic (exact) mass is 246 g/mol. The second-order valence-corrected chi connectivity index (χ2v) is 5.18. The SMILES string of the molecule is Nc1cncc(N2CCC3NC(=O)CCC3C2)c1. The lowest BCUT2D eigenvalue weighted by Crippen LogP contribution is -2.54. The molecule has 0 saturated carbocycles. The van der Waals surface area contributed by atoms with E-state index in [1.807, 2.05) is 12.3 Å². The normalized spacial score (nSPS) is 27.6. The Balaban J connectivity index is 1.72. The maximum Gasteiger partial charge on any atom is 0.220 e. The van der Waals surface area contributed by atoms with E-state index >= 15 is 0 Å². The second-order valence-electron chi connectivity index (χ2n) is 5.18.